The molecule has 0 radical (unpaired) electrons. The van der Waals surface area contributed by atoms with Crippen molar-refractivity contribution >= 4 is 17.8 Å². The molecule has 4 nitrogen and oxygen atoms in total. The van der Waals surface area contributed by atoms with Crippen molar-refractivity contribution < 1.29 is 19.1 Å². The molecule has 0 N–H and O–H groups in total. The third kappa shape index (κ3) is 4.01. The van der Waals surface area contributed by atoms with Crippen molar-refractivity contribution in [2.75, 3.05) is 13.7 Å². The summed E-state index contributed by atoms with van der Waals surface area (Å²) in [5.74, 6) is 0.443. The molecule has 1 aliphatic rings. The highest BCUT2D eigenvalue weighted by Gasteiger charge is 2.46. The summed E-state index contributed by atoms with van der Waals surface area (Å²) in [5, 5.41) is 0. The van der Waals surface area contributed by atoms with E-state index in [2.05, 4.69) is 0 Å². The van der Waals surface area contributed by atoms with E-state index >= 15 is 0 Å². The molecule has 0 amide bonds. The molecule has 0 bridgehead atoms. The SMILES string of the molecule is CCOC(=O)[C@@]1(C/C=C/c2ccc(OC)cc2)CCCCC1=O. The topological polar surface area (TPSA) is 52.6 Å². The summed E-state index contributed by atoms with van der Waals surface area (Å²) in [4.78, 5) is 24.8. The van der Waals surface area contributed by atoms with Gasteiger partial charge in [-0.2, -0.15) is 0 Å². The second-order valence-electron chi connectivity index (χ2n) is 5.81. The van der Waals surface area contributed by atoms with Gasteiger partial charge in [-0.15, -0.1) is 0 Å². The molecule has 124 valence electrons. The van der Waals surface area contributed by atoms with E-state index in [9.17, 15) is 9.59 Å². The van der Waals surface area contributed by atoms with Crippen LogP contribution in [0.1, 0.15) is 44.6 Å². The van der Waals surface area contributed by atoms with Gasteiger partial charge in [0.05, 0.1) is 13.7 Å². The highest BCUT2D eigenvalue weighted by molar-refractivity contribution is 6.04. The first-order valence-corrected chi connectivity index (χ1v) is 8.13. The Morgan fingerprint density at radius 1 is 1.26 bits per heavy atom. The Morgan fingerprint density at radius 2 is 2.00 bits per heavy atom. The standard InChI is InChI=1S/C19H24O4/c1-3-23-18(21)19(13-5-4-8-17(19)20)14-6-7-15-9-11-16(22-2)12-10-15/h6-7,9-12H,3-5,8,13-14H2,1-2H3/b7-6+/t19-/m1/s1. The predicted molar refractivity (Wildman–Crippen MR) is 89.2 cm³/mol. The van der Waals surface area contributed by atoms with Gasteiger partial charge in [-0.1, -0.05) is 30.7 Å². The van der Waals surface area contributed by atoms with E-state index in [4.69, 9.17) is 9.47 Å². The van der Waals surface area contributed by atoms with Crippen molar-refractivity contribution in [3.05, 3.63) is 35.9 Å². The van der Waals surface area contributed by atoms with Crippen molar-refractivity contribution in [3.63, 3.8) is 0 Å². The number of ketones is 1. The summed E-state index contributed by atoms with van der Waals surface area (Å²) in [5.41, 5.74) is 0.0186. The fourth-order valence-electron chi connectivity index (χ4n) is 2.99. The summed E-state index contributed by atoms with van der Waals surface area (Å²) in [6, 6.07) is 7.64. The van der Waals surface area contributed by atoms with Gasteiger partial charge in [-0.25, -0.2) is 0 Å². The van der Waals surface area contributed by atoms with Crippen LogP contribution in [-0.2, 0) is 14.3 Å². The Morgan fingerprint density at radius 3 is 2.61 bits per heavy atom. The van der Waals surface area contributed by atoms with Gasteiger partial charge in [0.1, 0.15) is 16.9 Å². The van der Waals surface area contributed by atoms with Gasteiger partial charge in [0.2, 0.25) is 0 Å². The van der Waals surface area contributed by atoms with Crippen LogP contribution in [0.25, 0.3) is 6.08 Å². The van der Waals surface area contributed by atoms with Gasteiger partial charge < -0.3 is 9.47 Å². The molecule has 1 aliphatic carbocycles. The molecule has 2 rings (SSSR count). The van der Waals surface area contributed by atoms with E-state index in [0.29, 0.717) is 25.9 Å². The van der Waals surface area contributed by atoms with Crippen LogP contribution in [0.2, 0.25) is 0 Å². The molecule has 0 aliphatic heterocycles. The number of hydrogen-bond acceptors (Lipinski definition) is 4. The maximum Gasteiger partial charge on any atom is 0.319 e. The largest absolute Gasteiger partial charge is 0.497 e. The van der Waals surface area contributed by atoms with Crippen molar-refractivity contribution in [1.29, 1.82) is 0 Å². The lowest BCUT2D eigenvalue weighted by Crippen LogP contribution is -2.42. The highest BCUT2D eigenvalue weighted by atomic mass is 16.5. The van der Waals surface area contributed by atoms with Crippen LogP contribution in [0.15, 0.2) is 30.3 Å². The monoisotopic (exact) mass is 316 g/mol. The Labute approximate surface area is 137 Å². The number of ether oxygens (including phenoxy) is 2. The lowest BCUT2D eigenvalue weighted by atomic mass is 9.70. The van der Waals surface area contributed by atoms with Crippen molar-refractivity contribution in [2.24, 2.45) is 5.41 Å². The van der Waals surface area contributed by atoms with Crippen LogP contribution in [0.3, 0.4) is 0 Å². The number of hydrogen-bond donors (Lipinski definition) is 0. The zero-order valence-electron chi connectivity index (χ0n) is 13.8. The van der Waals surface area contributed by atoms with Crippen LogP contribution in [0.5, 0.6) is 5.75 Å². The normalized spacial score (nSPS) is 21.4. The fourth-order valence-corrected chi connectivity index (χ4v) is 2.99. The third-order valence-electron chi connectivity index (χ3n) is 4.35. The molecular weight excluding hydrogens is 292 g/mol. The average molecular weight is 316 g/mol. The van der Waals surface area contributed by atoms with Crippen LogP contribution in [-0.4, -0.2) is 25.5 Å². The smallest absolute Gasteiger partial charge is 0.319 e. The van der Waals surface area contributed by atoms with E-state index in [1.54, 1.807) is 14.0 Å². The first-order chi connectivity index (χ1) is 11.1. The number of allylic oxidation sites excluding steroid dienone is 1. The molecule has 1 saturated carbocycles. The summed E-state index contributed by atoms with van der Waals surface area (Å²) >= 11 is 0. The molecule has 0 spiro atoms. The van der Waals surface area contributed by atoms with Gasteiger partial charge in [-0.05, 0) is 43.9 Å². The molecule has 1 fully saturated rings. The number of esters is 1. The Balaban J connectivity index is 2.12. The Kier molecular flexibility index (Phi) is 5.97. The van der Waals surface area contributed by atoms with Crippen LogP contribution < -0.4 is 4.74 Å². The van der Waals surface area contributed by atoms with Crippen LogP contribution >= 0.6 is 0 Å². The predicted octanol–water partition coefficient (Wildman–Crippen LogP) is 3.79. The molecule has 1 aromatic carbocycles. The average Bonchev–Trinajstić information content (AvgIpc) is 2.57. The molecule has 0 unspecified atom stereocenters. The summed E-state index contributed by atoms with van der Waals surface area (Å²) in [7, 11) is 1.63. The van der Waals surface area contributed by atoms with Gasteiger partial charge in [0.15, 0.2) is 0 Å². The van der Waals surface area contributed by atoms with Gasteiger partial charge >= 0.3 is 5.97 Å². The number of rotatable bonds is 6. The van der Waals surface area contributed by atoms with Gasteiger partial charge in [0.25, 0.3) is 0 Å². The maximum absolute atomic E-state index is 12.4. The molecule has 4 heteroatoms. The van der Waals surface area contributed by atoms with Crippen LogP contribution in [0.4, 0.5) is 0 Å². The summed E-state index contributed by atoms with van der Waals surface area (Å²) < 4.78 is 10.3. The minimum Gasteiger partial charge on any atom is -0.497 e. The number of methoxy groups -OCH3 is 1. The molecular formula is C19H24O4. The molecule has 23 heavy (non-hydrogen) atoms. The zero-order valence-corrected chi connectivity index (χ0v) is 13.8. The molecule has 0 aromatic heterocycles. The lowest BCUT2D eigenvalue weighted by molar-refractivity contribution is -0.162. The third-order valence-corrected chi connectivity index (χ3v) is 4.35. The molecule has 1 aromatic rings. The number of carbonyl (C=O) groups is 2. The number of Topliss-reactive ketones (excluding diaryl/α,β-unsaturated/α-hetero) is 1. The summed E-state index contributed by atoms with van der Waals surface area (Å²) in [6.45, 7) is 2.07. The maximum atomic E-state index is 12.4. The first kappa shape index (κ1) is 17.3. The van der Waals surface area contributed by atoms with E-state index in [1.165, 1.54) is 0 Å². The fraction of sp³-hybridized carbons (Fsp3) is 0.474. The lowest BCUT2D eigenvalue weighted by Gasteiger charge is -2.32. The van der Waals surface area contributed by atoms with Gasteiger partial charge in [0, 0.05) is 6.42 Å². The van der Waals surface area contributed by atoms with Crippen molar-refractivity contribution in [1.82, 2.24) is 0 Å². The van der Waals surface area contributed by atoms with Crippen molar-refractivity contribution in [2.45, 2.75) is 39.0 Å². The molecule has 1 atom stereocenters. The molecule has 0 heterocycles. The first-order valence-electron chi connectivity index (χ1n) is 8.13. The van der Waals surface area contributed by atoms with E-state index in [-0.39, 0.29) is 11.8 Å². The van der Waals surface area contributed by atoms with E-state index < -0.39 is 5.41 Å². The Bertz CT molecular complexity index is 574. The quantitative estimate of drug-likeness (QED) is 0.592. The zero-order chi connectivity index (χ0) is 16.7. The summed E-state index contributed by atoms with van der Waals surface area (Å²) in [6.07, 6.45) is 7.04. The van der Waals surface area contributed by atoms with Crippen LogP contribution in [0, 0.1) is 5.41 Å². The van der Waals surface area contributed by atoms with E-state index in [1.807, 2.05) is 36.4 Å². The number of carbonyl (C=O) groups excluding carboxylic acids is 2. The highest BCUT2D eigenvalue weighted by Crippen LogP contribution is 2.38. The van der Waals surface area contributed by atoms with Gasteiger partial charge in [-0.3, -0.25) is 9.59 Å². The molecule has 0 saturated heterocycles. The number of benzene rings is 1. The van der Waals surface area contributed by atoms with Crippen molar-refractivity contribution in [3.8, 4) is 5.75 Å². The second-order valence-corrected chi connectivity index (χ2v) is 5.81. The minimum atomic E-state index is -0.989. The second kappa shape index (κ2) is 7.95. The minimum absolute atomic E-state index is 0.0154. The Hall–Kier alpha value is -2.10. The van der Waals surface area contributed by atoms with E-state index in [0.717, 1.165) is 24.2 Å².